The standard InChI is InChI=1S/C21H20ClN3O2S/c1-13-18(20(27)25(23(13)3)17-10-5-4-6-11-17)24-19(26)14(2)28-21(24)15-8-7-9-16(22)12-15/h4-12,14,21H,1-3H3/t14-,21+/m1/s1. The molecule has 0 saturated carbocycles. The fourth-order valence-electron chi connectivity index (χ4n) is 3.57. The number of amides is 1. The van der Waals surface area contributed by atoms with Crippen molar-refractivity contribution in [3.63, 3.8) is 0 Å². The van der Waals surface area contributed by atoms with Crippen LogP contribution in [0.15, 0.2) is 59.4 Å². The predicted octanol–water partition coefficient (Wildman–Crippen LogP) is 4.30. The van der Waals surface area contributed by atoms with E-state index in [0.29, 0.717) is 10.7 Å². The fourth-order valence-corrected chi connectivity index (χ4v) is 5.02. The van der Waals surface area contributed by atoms with Gasteiger partial charge in [0, 0.05) is 12.1 Å². The van der Waals surface area contributed by atoms with Gasteiger partial charge in [0.2, 0.25) is 5.91 Å². The van der Waals surface area contributed by atoms with Crippen LogP contribution in [0.25, 0.3) is 5.69 Å². The summed E-state index contributed by atoms with van der Waals surface area (Å²) >= 11 is 7.71. The smallest absolute Gasteiger partial charge is 0.288 e. The SMILES string of the molecule is Cc1c(N2C(=O)[C@@H](C)S[C@H]2c2cccc(Cl)c2)c(=O)n(-c2ccccc2)n1C. The Morgan fingerprint density at radius 2 is 1.75 bits per heavy atom. The average Bonchev–Trinajstić information content (AvgIpc) is 3.09. The Morgan fingerprint density at radius 3 is 2.43 bits per heavy atom. The summed E-state index contributed by atoms with van der Waals surface area (Å²) < 4.78 is 3.39. The summed E-state index contributed by atoms with van der Waals surface area (Å²) in [4.78, 5) is 28.1. The Labute approximate surface area is 172 Å². The molecule has 28 heavy (non-hydrogen) atoms. The lowest BCUT2D eigenvalue weighted by molar-refractivity contribution is -0.117. The highest BCUT2D eigenvalue weighted by atomic mass is 35.5. The molecule has 144 valence electrons. The Kier molecular flexibility index (Phi) is 4.85. The van der Waals surface area contributed by atoms with Crippen LogP contribution in [0.2, 0.25) is 5.02 Å². The normalized spacial score (nSPS) is 19.4. The maximum Gasteiger partial charge on any atom is 0.295 e. The molecule has 0 unspecified atom stereocenters. The number of carbonyl (C=O) groups is 1. The highest BCUT2D eigenvalue weighted by molar-refractivity contribution is 8.01. The molecular weight excluding hydrogens is 394 g/mol. The van der Waals surface area contributed by atoms with Crippen molar-refractivity contribution in [2.24, 2.45) is 7.05 Å². The van der Waals surface area contributed by atoms with Crippen LogP contribution in [0.4, 0.5) is 5.69 Å². The monoisotopic (exact) mass is 413 g/mol. The zero-order valence-electron chi connectivity index (χ0n) is 15.8. The molecule has 2 heterocycles. The second-order valence-corrected chi connectivity index (χ2v) is 8.67. The largest absolute Gasteiger partial charge is 0.295 e. The molecule has 2 atom stereocenters. The van der Waals surface area contributed by atoms with Crippen molar-refractivity contribution in [1.82, 2.24) is 9.36 Å². The van der Waals surface area contributed by atoms with E-state index in [9.17, 15) is 9.59 Å². The lowest BCUT2D eigenvalue weighted by Crippen LogP contribution is -2.34. The molecular formula is C21H20ClN3O2S. The van der Waals surface area contributed by atoms with Crippen LogP contribution in [0.3, 0.4) is 0 Å². The third kappa shape index (κ3) is 2.97. The van der Waals surface area contributed by atoms with Gasteiger partial charge < -0.3 is 0 Å². The van der Waals surface area contributed by atoms with Crippen molar-refractivity contribution in [1.29, 1.82) is 0 Å². The molecule has 0 spiro atoms. The molecule has 5 nitrogen and oxygen atoms in total. The summed E-state index contributed by atoms with van der Waals surface area (Å²) in [5.74, 6) is -0.0685. The van der Waals surface area contributed by atoms with Gasteiger partial charge >= 0.3 is 0 Å². The first-order chi connectivity index (χ1) is 13.4. The number of hydrogen-bond acceptors (Lipinski definition) is 3. The number of carbonyl (C=O) groups excluding carboxylic acids is 1. The van der Waals surface area contributed by atoms with Crippen LogP contribution in [-0.4, -0.2) is 20.5 Å². The van der Waals surface area contributed by atoms with E-state index in [4.69, 9.17) is 11.6 Å². The Hall–Kier alpha value is -2.44. The molecule has 2 aromatic carbocycles. The summed E-state index contributed by atoms with van der Waals surface area (Å²) in [6.07, 6.45) is 0. The van der Waals surface area contributed by atoms with E-state index in [1.807, 2.05) is 69.4 Å². The van der Waals surface area contributed by atoms with E-state index in [1.54, 1.807) is 20.3 Å². The predicted molar refractivity (Wildman–Crippen MR) is 114 cm³/mol. The van der Waals surface area contributed by atoms with E-state index in [1.165, 1.54) is 11.8 Å². The highest BCUT2D eigenvalue weighted by Crippen LogP contribution is 2.45. The summed E-state index contributed by atoms with van der Waals surface area (Å²) in [6.45, 7) is 3.74. The van der Waals surface area contributed by atoms with Gasteiger partial charge in [-0.05, 0) is 43.7 Å². The molecule has 1 aliphatic rings. The van der Waals surface area contributed by atoms with E-state index in [-0.39, 0.29) is 22.1 Å². The molecule has 7 heteroatoms. The molecule has 4 rings (SSSR count). The summed E-state index contributed by atoms with van der Waals surface area (Å²) in [5.41, 5.74) is 2.61. The van der Waals surface area contributed by atoms with E-state index in [2.05, 4.69) is 0 Å². The van der Waals surface area contributed by atoms with Crippen LogP contribution in [-0.2, 0) is 11.8 Å². The summed E-state index contributed by atoms with van der Waals surface area (Å²) in [6, 6.07) is 16.9. The number of para-hydroxylation sites is 1. The molecule has 3 aromatic rings. The maximum atomic E-state index is 13.4. The molecule has 0 aliphatic carbocycles. The number of nitrogens with zero attached hydrogens (tertiary/aromatic N) is 3. The van der Waals surface area contributed by atoms with Gasteiger partial charge in [-0.2, -0.15) is 0 Å². The van der Waals surface area contributed by atoms with Gasteiger partial charge in [0.25, 0.3) is 5.56 Å². The van der Waals surface area contributed by atoms with Gasteiger partial charge in [0.1, 0.15) is 11.1 Å². The third-order valence-electron chi connectivity index (χ3n) is 5.05. The minimum atomic E-state index is -0.292. The van der Waals surface area contributed by atoms with Crippen molar-refractivity contribution in [2.75, 3.05) is 4.90 Å². The van der Waals surface area contributed by atoms with Crippen molar-refractivity contribution in [3.8, 4) is 5.69 Å². The quantitative estimate of drug-likeness (QED) is 0.643. The maximum absolute atomic E-state index is 13.4. The van der Waals surface area contributed by atoms with Gasteiger partial charge in [-0.1, -0.05) is 41.9 Å². The van der Waals surface area contributed by atoms with Crippen molar-refractivity contribution in [3.05, 3.63) is 81.2 Å². The lowest BCUT2D eigenvalue weighted by atomic mass is 10.2. The zero-order valence-corrected chi connectivity index (χ0v) is 17.4. The van der Waals surface area contributed by atoms with Crippen molar-refractivity contribution in [2.45, 2.75) is 24.5 Å². The third-order valence-corrected chi connectivity index (χ3v) is 6.64. The minimum Gasteiger partial charge on any atom is -0.288 e. The number of halogens is 1. The fraction of sp³-hybridized carbons (Fsp3) is 0.238. The summed E-state index contributed by atoms with van der Waals surface area (Å²) in [7, 11) is 1.83. The van der Waals surface area contributed by atoms with Gasteiger partial charge in [-0.25, -0.2) is 4.68 Å². The molecule has 1 aliphatic heterocycles. The lowest BCUT2D eigenvalue weighted by Gasteiger charge is -2.23. The van der Waals surface area contributed by atoms with Gasteiger partial charge in [-0.3, -0.25) is 19.2 Å². The molecule has 0 bridgehead atoms. The molecule has 1 amide bonds. The van der Waals surface area contributed by atoms with Gasteiger partial charge in [-0.15, -0.1) is 11.8 Å². The molecule has 0 N–H and O–H groups in total. The first kappa shape index (κ1) is 18.9. The number of rotatable bonds is 3. The van der Waals surface area contributed by atoms with E-state index >= 15 is 0 Å². The van der Waals surface area contributed by atoms with Gasteiger partial charge in [0.05, 0.1) is 16.6 Å². The van der Waals surface area contributed by atoms with Crippen molar-refractivity contribution >= 4 is 35.0 Å². The highest BCUT2D eigenvalue weighted by Gasteiger charge is 2.42. The Balaban J connectivity index is 1.89. The summed E-state index contributed by atoms with van der Waals surface area (Å²) in [5, 5.41) is 0.0731. The second kappa shape index (κ2) is 7.18. The minimum absolute atomic E-state index is 0.0685. The molecule has 1 saturated heterocycles. The number of benzene rings is 2. The zero-order chi connectivity index (χ0) is 20.0. The van der Waals surface area contributed by atoms with Crippen LogP contribution in [0.5, 0.6) is 0 Å². The van der Waals surface area contributed by atoms with E-state index in [0.717, 1.165) is 16.9 Å². The topological polar surface area (TPSA) is 47.2 Å². The number of anilines is 1. The van der Waals surface area contributed by atoms with Crippen molar-refractivity contribution < 1.29 is 4.79 Å². The first-order valence-corrected chi connectivity index (χ1v) is 10.3. The first-order valence-electron chi connectivity index (χ1n) is 8.98. The molecule has 1 aromatic heterocycles. The van der Waals surface area contributed by atoms with Crippen LogP contribution >= 0.6 is 23.4 Å². The van der Waals surface area contributed by atoms with Gasteiger partial charge in [0.15, 0.2) is 0 Å². The Bertz CT molecular complexity index is 1110. The second-order valence-electron chi connectivity index (χ2n) is 6.80. The van der Waals surface area contributed by atoms with E-state index < -0.39 is 0 Å². The Morgan fingerprint density at radius 1 is 1.04 bits per heavy atom. The molecule has 0 radical (unpaired) electrons. The average molecular weight is 414 g/mol. The van der Waals surface area contributed by atoms with Crippen LogP contribution in [0.1, 0.15) is 23.6 Å². The molecule has 1 fully saturated rings. The number of aromatic nitrogens is 2. The number of thioether (sulfide) groups is 1. The number of hydrogen-bond donors (Lipinski definition) is 0. The van der Waals surface area contributed by atoms with Crippen LogP contribution in [0, 0.1) is 6.92 Å². The van der Waals surface area contributed by atoms with Crippen LogP contribution < -0.4 is 10.5 Å².